The van der Waals surface area contributed by atoms with Crippen molar-refractivity contribution < 1.29 is 31.9 Å². The first-order valence-electron chi connectivity index (χ1n) is 10.4. The van der Waals surface area contributed by atoms with Crippen LogP contribution in [0.5, 0.6) is 5.75 Å². The van der Waals surface area contributed by atoms with Gasteiger partial charge >= 0.3 is 6.36 Å². The smallest absolute Gasteiger partial charge is 0.405 e. The maximum atomic E-state index is 14.6. The number of alkyl halides is 3. The zero-order valence-electron chi connectivity index (χ0n) is 17.9. The van der Waals surface area contributed by atoms with Gasteiger partial charge in [-0.2, -0.15) is 0 Å². The number of halogens is 5. The number of aromatic nitrogens is 1. The molecule has 11 heteroatoms. The minimum atomic E-state index is -5.07. The highest BCUT2D eigenvalue weighted by Gasteiger charge is 2.42. The standard InChI is InChI=1S/C24H18ClF4N3O3/c25-14-10-17-15(18(26)11-14)7-8-19(17)32(21(22(30)33)13-4-3-9-31-12-13)23(34)16-5-1-2-6-20(16)35-24(27,28)29/h1-6,9-12,19,21H,7-8H2,(H2,30,33)/t19-,21-/m1/s1. The van der Waals surface area contributed by atoms with E-state index in [4.69, 9.17) is 17.3 Å². The summed E-state index contributed by atoms with van der Waals surface area (Å²) in [6.07, 6.45) is -1.90. The normalized spacial score (nSPS) is 15.9. The molecule has 2 atom stereocenters. The molecule has 2 aromatic carbocycles. The third-order valence-electron chi connectivity index (χ3n) is 5.68. The number of carbonyl (C=O) groups excluding carboxylic acids is 2. The summed E-state index contributed by atoms with van der Waals surface area (Å²) in [4.78, 5) is 31.6. The van der Waals surface area contributed by atoms with Crippen molar-refractivity contribution in [3.63, 3.8) is 0 Å². The van der Waals surface area contributed by atoms with Crippen LogP contribution < -0.4 is 10.5 Å². The van der Waals surface area contributed by atoms with Crippen molar-refractivity contribution in [1.29, 1.82) is 0 Å². The van der Waals surface area contributed by atoms with Gasteiger partial charge in [-0.25, -0.2) is 4.39 Å². The van der Waals surface area contributed by atoms with E-state index in [0.717, 1.165) is 23.1 Å². The van der Waals surface area contributed by atoms with Crippen molar-refractivity contribution in [3.8, 4) is 5.75 Å². The van der Waals surface area contributed by atoms with Gasteiger partial charge in [0, 0.05) is 23.0 Å². The summed E-state index contributed by atoms with van der Waals surface area (Å²) in [5, 5.41) is 0.0679. The molecule has 3 aromatic rings. The van der Waals surface area contributed by atoms with Gasteiger partial charge in [0.15, 0.2) is 0 Å². The second kappa shape index (κ2) is 9.53. The van der Waals surface area contributed by atoms with Crippen LogP contribution in [0.3, 0.4) is 0 Å². The molecule has 35 heavy (non-hydrogen) atoms. The number of hydrogen-bond acceptors (Lipinski definition) is 4. The summed E-state index contributed by atoms with van der Waals surface area (Å²) < 4.78 is 57.8. The average molecular weight is 508 g/mol. The number of benzene rings is 2. The van der Waals surface area contributed by atoms with Crippen LogP contribution in [-0.2, 0) is 11.2 Å². The van der Waals surface area contributed by atoms with E-state index >= 15 is 0 Å². The molecule has 0 spiro atoms. The van der Waals surface area contributed by atoms with Crippen molar-refractivity contribution in [3.05, 3.63) is 94.0 Å². The Balaban J connectivity index is 1.90. The van der Waals surface area contributed by atoms with Crippen molar-refractivity contribution in [2.75, 3.05) is 0 Å². The van der Waals surface area contributed by atoms with Crippen molar-refractivity contribution in [1.82, 2.24) is 9.88 Å². The number of pyridine rings is 1. The lowest BCUT2D eigenvalue weighted by molar-refractivity contribution is -0.274. The number of amides is 2. The van der Waals surface area contributed by atoms with Gasteiger partial charge in [0.2, 0.25) is 5.91 Å². The van der Waals surface area contributed by atoms with Crippen molar-refractivity contribution in [2.24, 2.45) is 5.73 Å². The van der Waals surface area contributed by atoms with Gasteiger partial charge in [-0.1, -0.05) is 29.8 Å². The molecule has 2 amide bonds. The van der Waals surface area contributed by atoms with E-state index in [0.29, 0.717) is 11.1 Å². The van der Waals surface area contributed by atoms with Gasteiger partial charge in [-0.3, -0.25) is 14.6 Å². The molecule has 1 heterocycles. The summed E-state index contributed by atoms with van der Waals surface area (Å²) >= 11 is 6.06. The van der Waals surface area contributed by atoms with E-state index in [1.165, 1.54) is 42.7 Å². The van der Waals surface area contributed by atoms with Gasteiger partial charge < -0.3 is 15.4 Å². The topological polar surface area (TPSA) is 85.5 Å². The SMILES string of the molecule is NC(=O)[C@@H](c1cccnc1)N(C(=O)c1ccccc1OC(F)(F)F)[C@@H]1CCc2c(F)cc(Cl)cc21. The Morgan fingerprint density at radius 2 is 1.91 bits per heavy atom. The van der Waals surface area contributed by atoms with Crippen LogP contribution in [0.15, 0.2) is 60.9 Å². The first-order valence-corrected chi connectivity index (χ1v) is 10.8. The average Bonchev–Trinajstić information content (AvgIpc) is 3.20. The van der Waals surface area contributed by atoms with Gasteiger partial charge in [0.25, 0.3) is 5.91 Å². The van der Waals surface area contributed by atoms with E-state index in [-0.39, 0.29) is 23.4 Å². The molecule has 6 nitrogen and oxygen atoms in total. The number of hydrogen-bond donors (Lipinski definition) is 1. The molecule has 0 unspecified atom stereocenters. The third-order valence-corrected chi connectivity index (χ3v) is 5.90. The van der Waals surface area contributed by atoms with Gasteiger partial charge in [-0.05, 0) is 54.3 Å². The number of carbonyl (C=O) groups is 2. The van der Waals surface area contributed by atoms with Crippen LogP contribution in [0, 0.1) is 5.82 Å². The quantitative estimate of drug-likeness (QED) is 0.469. The van der Waals surface area contributed by atoms with Gasteiger partial charge in [0.05, 0.1) is 11.6 Å². The van der Waals surface area contributed by atoms with E-state index in [2.05, 4.69) is 9.72 Å². The van der Waals surface area contributed by atoms with E-state index in [9.17, 15) is 27.2 Å². The minimum Gasteiger partial charge on any atom is -0.405 e. The largest absolute Gasteiger partial charge is 0.573 e. The van der Waals surface area contributed by atoms with Crippen molar-refractivity contribution in [2.45, 2.75) is 31.3 Å². The second-order valence-corrected chi connectivity index (χ2v) is 8.29. The Hall–Kier alpha value is -3.66. The van der Waals surface area contributed by atoms with Crippen LogP contribution in [0.2, 0.25) is 5.02 Å². The summed E-state index contributed by atoms with van der Waals surface area (Å²) in [5.74, 6) is -3.24. The molecule has 0 saturated heterocycles. The lowest BCUT2D eigenvalue weighted by Gasteiger charge is -2.36. The molecule has 0 fully saturated rings. The molecular formula is C24H18ClF4N3O3. The van der Waals surface area contributed by atoms with E-state index in [1.54, 1.807) is 0 Å². The van der Waals surface area contributed by atoms with Crippen molar-refractivity contribution >= 4 is 23.4 Å². The summed E-state index contributed by atoms with van der Waals surface area (Å²) in [6.45, 7) is 0. The molecule has 1 aliphatic rings. The predicted molar refractivity (Wildman–Crippen MR) is 118 cm³/mol. The summed E-state index contributed by atoms with van der Waals surface area (Å²) in [5.41, 5.74) is 6.13. The Morgan fingerprint density at radius 3 is 2.57 bits per heavy atom. The number of rotatable bonds is 6. The molecule has 1 aromatic heterocycles. The fourth-order valence-electron chi connectivity index (χ4n) is 4.34. The van der Waals surface area contributed by atoms with Gasteiger partial charge in [-0.15, -0.1) is 13.2 Å². The number of primary amides is 1. The van der Waals surface area contributed by atoms with E-state index in [1.807, 2.05) is 0 Å². The zero-order valence-corrected chi connectivity index (χ0v) is 18.7. The summed E-state index contributed by atoms with van der Waals surface area (Å²) in [6, 6.07) is 8.06. The first kappa shape index (κ1) is 24.5. The third kappa shape index (κ3) is 5.07. The number of fused-ring (bicyclic) bond motifs is 1. The van der Waals surface area contributed by atoms with Crippen LogP contribution >= 0.6 is 11.6 Å². The highest BCUT2D eigenvalue weighted by Crippen LogP contribution is 2.43. The fourth-order valence-corrected chi connectivity index (χ4v) is 4.56. The van der Waals surface area contributed by atoms with Crippen LogP contribution in [0.4, 0.5) is 17.6 Å². The number of nitrogens with two attached hydrogens (primary N) is 1. The van der Waals surface area contributed by atoms with Crippen LogP contribution in [0.25, 0.3) is 0 Å². The maximum absolute atomic E-state index is 14.6. The molecule has 0 aliphatic heterocycles. The Morgan fingerprint density at radius 1 is 1.17 bits per heavy atom. The number of ether oxygens (including phenoxy) is 1. The molecule has 4 rings (SSSR count). The Bertz CT molecular complexity index is 1270. The summed E-state index contributed by atoms with van der Waals surface area (Å²) in [7, 11) is 0. The predicted octanol–water partition coefficient (Wildman–Crippen LogP) is 5.13. The Kier molecular flexibility index (Phi) is 6.66. The molecular weight excluding hydrogens is 490 g/mol. The molecule has 182 valence electrons. The highest BCUT2D eigenvalue weighted by molar-refractivity contribution is 6.30. The van der Waals surface area contributed by atoms with E-state index < -0.39 is 47.4 Å². The second-order valence-electron chi connectivity index (χ2n) is 7.86. The monoisotopic (exact) mass is 507 g/mol. The zero-order chi connectivity index (χ0) is 25.3. The minimum absolute atomic E-state index is 0.0679. The molecule has 0 bridgehead atoms. The van der Waals surface area contributed by atoms with Gasteiger partial charge in [0.1, 0.15) is 17.6 Å². The molecule has 0 radical (unpaired) electrons. The molecule has 0 saturated carbocycles. The lowest BCUT2D eigenvalue weighted by atomic mass is 9.98. The maximum Gasteiger partial charge on any atom is 0.573 e. The number of para-hydroxylation sites is 1. The fraction of sp³-hybridized carbons (Fsp3) is 0.208. The Labute approximate surface area is 202 Å². The first-order chi connectivity index (χ1) is 16.6. The molecule has 1 aliphatic carbocycles. The van der Waals surface area contributed by atoms with Crippen LogP contribution in [0.1, 0.15) is 45.6 Å². The highest BCUT2D eigenvalue weighted by atomic mass is 35.5. The van der Waals surface area contributed by atoms with Crippen LogP contribution in [-0.4, -0.2) is 28.1 Å². The molecule has 2 N–H and O–H groups in total. The number of nitrogens with zero attached hydrogens (tertiary/aromatic N) is 2. The lowest BCUT2D eigenvalue weighted by Crippen LogP contribution is -2.43.